The highest BCUT2D eigenvalue weighted by Gasteiger charge is 2.52. The molecule has 3 fully saturated rings. The molecule has 3 aliphatic rings. The monoisotopic (exact) mass is 640 g/mol. The number of pyridine rings is 1. The normalized spacial score (nSPS) is 22.4. The maximum absolute atomic E-state index is 12.9. The van der Waals surface area contributed by atoms with Gasteiger partial charge in [0.15, 0.2) is 0 Å². The maximum Gasteiger partial charge on any atom is 0.317 e. The van der Waals surface area contributed by atoms with E-state index in [1.165, 1.54) is 24.5 Å². The zero-order valence-electron chi connectivity index (χ0n) is 26.8. The predicted molar refractivity (Wildman–Crippen MR) is 178 cm³/mol. The van der Waals surface area contributed by atoms with Crippen molar-refractivity contribution in [3.63, 3.8) is 0 Å². The Bertz CT molecular complexity index is 1630. The van der Waals surface area contributed by atoms with E-state index in [2.05, 4.69) is 38.3 Å². The van der Waals surface area contributed by atoms with Crippen molar-refractivity contribution in [3.8, 4) is 6.07 Å². The second kappa shape index (κ2) is 13.4. The molecule has 6 rings (SSSR count). The smallest absolute Gasteiger partial charge is 0.317 e. The first-order chi connectivity index (χ1) is 22.2. The lowest BCUT2D eigenvalue weighted by Crippen LogP contribution is -2.55. The van der Waals surface area contributed by atoms with Crippen molar-refractivity contribution in [3.05, 3.63) is 84.7 Å². The van der Waals surface area contributed by atoms with Crippen LogP contribution in [0.3, 0.4) is 0 Å². The molecule has 3 aromatic rings. The number of hydrogen-bond donors (Lipinski definition) is 1. The Kier molecular flexibility index (Phi) is 9.34. The van der Waals surface area contributed by atoms with Crippen molar-refractivity contribution in [2.24, 2.45) is 17.8 Å². The van der Waals surface area contributed by atoms with E-state index in [0.29, 0.717) is 5.92 Å². The zero-order valence-corrected chi connectivity index (χ0v) is 27.6. The fourth-order valence-corrected chi connectivity index (χ4v) is 9.24. The molecule has 0 spiro atoms. The minimum absolute atomic E-state index is 0.0152. The first-order valence-corrected chi connectivity index (χ1v) is 17.9. The molecule has 1 aliphatic carbocycles. The third-order valence-corrected chi connectivity index (χ3v) is 12.2. The Morgan fingerprint density at radius 2 is 1.61 bits per heavy atom. The van der Waals surface area contributed by atoms with Crippen LogP contribution in [0.1, 0.15) is 37.7 Å². The number of sulfone groups is 1. The molecule has 10 heteroatoms. The number of likely N-dealkylation sites (tertiary alicyclic amines) is 1. The molecule has 1 N–H and O–H groups in total. The van der Waals surface area contributed by atoms with Crippen molar-refractivity contribution < 1.29 is 13.2 Å². The summed E-state index contributed by atoms with van der Waals surface area (Å²) in [4.78, 5) is 23.6. The Hall–Kier alpha value is -3.94. The molecule has 2 saturated heterocycles. The van der Waals surface area contributed by atoms with E-state index in [1.807, 2.05) is 30.3 Å². The van der Waals surface area contributed by atoms with Gasteiger partial charge in [-0.2, -0.15) is 5.26 Å². The van der Waals surface area contributed by atoms with Gasteiger partial charge in [0.2, 0.25) is 9.84 Å². The topological polar surface area (TPSA) is 110 Å². The van der Waals surface area contributed by atoms with Gasteiger partial charge in [-0.25, -0.2) is 13.2 Å². The molecule has 1 saturated carbocycles. The highest BCUT2D eigenvalue weighted by molar-refractivity contribution is 7.91. The van der Waals surface area contributed by atoms with Gasteiger partial charge in [-0.05, 0) is 86.7 Å². The summed E-state index contributed by atoms with van der Waals surface area (Å²) >= 11 is 0. The standard InChI is InChI=1S/C36H44N6O3S/c1-40(2)35(43)39-34-10-6-9-33(34)36(26-37,28-7-4-3-5-8-28)29-17-21-41(22-18-29)23-27-24-42(25-27)30-11-13-31(14-12-30)46(44,45)32-15-19-38-20-16-32/h3-5,7-8,11-16,19-20,27,29,33-34H,6,9-10,17-18,21-25H2,1-2H3,(H,39,43)/t33-,34-,36?/m1/s1. The highest BCUT2D eigenvalue weighted by Crippen LogP contribution is 2.50. The molecule has 46 heavy (non-hydrogen) atoms. The lowest BCUT2D eigenvalue weighted by Gasteiger charge is -2.48. The zero-order chi connectivity index (χ0) is 32.3. The van der Waals surface area contributed by atoms with Crippen LogP contribution in [0, 0.1) is 29.1 Å². The van der Waals surface area contributed by atoms with Crippen LogP contribution in [0.5, 0.6) is 0 Å². The summed E-state index contributed by atoms with van der Waals surface area (Å²) in [6.45, 7) is 4.82. The van der Waals surface area contributed by atoms with Gasteiger partial charge in [-0.3, -0.25) is 4.98 Å². The molecule has 0 bridgehead atoms. The number of urea groups is 1. The largest absolute Gasteiger partial charge is 0.371 e. The van der Waals surface area contributed by atoms with Crippen molar-refractivity contribution in [1.29, 1.82) is 5.26 Å². The Morgan fingerprint density at radius 3 is 2.24 bits per heavy atom. The van der Waals surface area contributed by atoms with E-state index in [9.17, 15) is 18.5 Å². The summed E-state index contributed by atoms with van der Waals surface area (Å²) in [5.74, 6) is 0.844. The molecule has 2 aromatic carbocycles. The molecule has 1 aromatic heterocycles. The SMILES string of the molecule is CN(C)C(=O)N[C@@H]1CCC[C@H]1C(C#N)(c1ccccc1)C1CCN(CC2CN(c3ccc(S(=O)(=O)c4ccncc4)cc3)C2)CC1. The molecule has 9 nitrogen and oxygen atoms in total. The number of benzene rings is 2. The first-order valence-electron chi connectivity index (χ1n) is 16.4. The lowest BCUT2D eigenvalue weighted by atomic mass is 9.59. The lowest BCUT2D eigenvalue weighted by molar-refractivity contribution is 0.0959. The third kappa shape index (κ3) is 6.23. The van der Waals surface area contributed by atoms with E-state index in [0.717, 1.165) is 76.1 Å². The summed E-state index contributed by atoms with van der Waals surface area (Å²) < 4.78 is 25.9. The highest BCUT2D eigenvalue weighted by atomic mass is 32.2. The summed E-state index contributed by atoms with van der Waals surface area (Å²) in [7, 11) is -0.0331. The number of carbonyl (C=O) groups is 1. The molecule has 242 valence electrons. The molecule has 2 amide bonds. The second-order valence-electron chi connectivity index (χ2n) is 13.4. The summed E-state index contributed by atoms with van der Waals surface area (Å²) in [5.41, 5.74) is 1.48. The van der Waals surface area contributed by atoms with Crippen LogP contribution in [0.2, 0.25) is 0 Å². The third-order valence-electron chi connectivity index (χ3n) is 10.4. The average Bonchev–Trinajstić information content (AvgIpc) is 3.53. The first kappa shape index (κ1) is 32.0. The van der Waals surface area contributed by atoms with Crippen LogP contribution in [0.25, 0.3) is 0 Å². The molecule has 0 radical (unpaired) electrons. The number of nitrogens with zero attached hydrogens (tertiary/aromatic N) is 5. The second-order valence-corrected chi connectivity index (χ2v) is 15.3. The van der Waals surface area contributed by atoms with Gasteiger partial charge in [-0.15, -0.1) is 0 Å². The van der Waals surface area contributed by atoms with E-state index >= 15 is 0 Å². The van der Waals surface area contributed by atoms with Crippen molar-refractivity contribution >= 4 is 21.6 Å². The predicted octanol–water partition coefficient (Wildman–Crippen LogP) is 4.96. The molecule has 3 heterocycles. The number of nitrogens with one attached hydrogen (secondary N) is 1. The van der Waals surface area contributed by atoms with Crippen LogP contribution in [-0.4, -0.2) is 82.1 Å². The van der Waals surface area contributed by atoms with E-state index in [1.54, 1.807) is 31.1 Å². The van der Waals surface area contributed by atoms with Crippen LogP contribution in [0.4, 0.5) is 10.5 Å². The minimum atomic E-state index is -3.56. The van der Waals surface area contributed by atoms with Crippen LogP contribution in [-0.2, 0) is 15.3 Å². The number of carbonyl (C=O) groups excluding carboxylic acids is 1. The van der Waals surface area contributed by atoms with E-state index < -0.39 is 15.3 Å². The molecule has 2 aliphatic heterocycles. The summed E-state index contributed by atoms with van der Waals surface area (Å²) in [6, 6.07) is 23.3. The van der Waals surface area contributed by atoms with Gasteiger partial charge in [0, 0.05) is 69.7 Å². The van der Waals surface area contributed by atoms with Crippen LogP contribution >= 0.6 is 0 Å². The number of anilines is 1. The van der Waals surface area contributed by atoms with Crippen molar-refractivity contribution in [1.82, 2.24) is 20.1 Å². The van der Waals surface area contributed by atoms with Gasteiger partial charge in [0.1, 0.15) is 0 Å². The van der Waals surface area contributed by atoms with Gasteiger partial charge in [0.25, 0.3) is 0 Å². The number of piperidine rings is 1. The average molecular weight is 641 g/mol. The number of amides is 2. The van der Waals surface area contributed by atoms with Gasteiger partial charge >= 0.3 is 6.03 Å². The van der Waals surface area contributed by atoms with E-state index in [-0.39, 0.29) is 33.7 Å². The molecular weight excluding hydrogens is 597 g/mol. The number of nitriles is 1. The molecule has 1 unspecified atom stereocenters. The minimum Gasteiger partial charge on any atom is -0.371 e. The van der Waals surface area contributed by atoms with Crippen LogP contribution < -0.4 is 10.2 Å². The maximum atomic E-state index is 12.9. The quantitative estimate of drug-likeness (QED) is 0.352. The number of rotatable bonds is 9. The van der Waals surface area contributed by atoms with Gasteiger partial charge in [0.05, 0.1) is 21.3 Å². The van der Waals surface area contributed by atoms with Gasteiger partial charge in [-0.1, -0.05) is 36.8 Å². The van der Waals surface area contributed by atoms with Crippen molar-refractivity contribution in [2.75, 3.05) is 51.7 Å². The number of aromatic nitrogens is 1. The Balaban J connectivity index is 1.07. The Labute approximate surface area is 273 Å². The fraction of sp³-hybridized carbons (Fsp3) is 0.472. The molecule has 3 atom stereocenters. The molecular formula is C36H44N6O3S. The van der Waals surface area contributed by atoms with E-state index in [4.69, 9.17) is 0 Å². The fourth-order valence-electron chi connectivity index (χ4n) is 7.99. The number of hydrogen-bond acceptors (Lipinski definition) is 7. The summed E-state index contributed by atoms with van der Waals surface area (Å²) in [6.07, 6.45) is 7.75. The van der Waals surface area contributed by atoms with Crippen LogP contribution in [0.15, 0.2) is 88.9 Å². The Morgan fingerprint density at radius 1 is 0.957 bits per heavy atom. The van der Waals surface area contributed by atoms with Crippen molar-refractivity contribution in [2.45, 2.75) is 53.4 Å². The summed E-state index contributed by atoms with van der Waals surface area (Å²) in [5, 5.41) is 14.2. The van der Waals surface area contributed by atoms with Gasteiger partial charge < -0.3 is 20.0 Å².